The normalized spacial score (nSPS) is 18.3. The first-order valence-electron chi connectivity index (χ1n) is 17.5. The van der Waals surface area contributed by atoms with Gasteiger partial charge in [-0.1, -0.05) is 162 Å². The monoisotopic (exact) mass is 506 g/mol. The predicted molar refractivity (Wildman–Crippen MR) is 165 cm³/mol. The number of hydrogen-bond acceptors (Lipinski definition) is 1. The largest absolute Gasteiger partial charge is 0.300 e. The summed E-state index contributed by atoms with van der Waals surface area (Å²) in [6, 6.07) is 0.904. The van der Waals surface area contributed by atoms with Crippen molar-refractivity contribution in [1.82, 2.24) is 4.90 Å². The molecule has 1 fully saturated rings. The van der Waals surface area contributed by atoms with Crippen LogP contribution < -0.4 is 0 Å². The molecule has 1 nitrogen and oxygen atoms in total. The molecule has 1 heteroatoms. The molecular formula is C35H71N. The van der Waals surface area contributed by atoms with E-state index >= 15 is 0 Å². The zero-order valence-corrected chi connectivity index (χ0v) is 25.8. The number of rotatable bonds is 27. The molecule has 1 rings (SSSR count). The fourth-order valence-electron chi connectivity index (χ4n) is 6.40. The van der Waals surface area contributed by atoms with E-state index in [-0.39, 0.29) is 0 Å². The van der Waals surface area contributed by atoms with E-state index in [2.05, 4.69) is 25.7 Å². The van der Waals surface area contributed by atoms with Crippen LogP contribution >= 0.6 is 0 Å². The molecule has 0 saturated heterocycles. The molecule has 1 saturated carbocycles. The zero-order chi connectivity index (χ0) is 25.9. The lowest BCUT2D eigenvalue weighted by molar-refractivity contribution is 0.134. The second-order valence-electron chi connectivity index (χ2n) is 12.7. The van der Waals surface area contributed by atoms with E-state index in [9.17, 15) is 0 Å². The first-order chi connectivity index (χ1) is 17.8. The van der Waals surface area contributed by atoms with Crippen molar-refractivity contribution in [3.8, 4) is 0 Å². The van der Waals surface area contributed by atoms with E-state index in [4.69, 9.17) is 0 Å². The highest BCUT2D eigenvalue weighted by atomic mass is 15.1. The molecule has 216 valence electrons. The lowest BCUT2D eigenvalue weighted by Crippen LogP contribution is -2.39. The van der Waals surface area contributed by atoms with Crippen LogP contribution in [0.4, 0.5) is 0 Å². The van der Waals surface area contributed by atoms with Gasteiger partial charge >= 0.3 is 0 Å². The second-order valence-corrected chi connectivity index (χ2v) is 12.7. The van der Waals surface area contributed by atoms with Gasteiger partial charge in [-0.05, 0) is 57.5 Å². The fraction of sp³-hybridized carbons (Fsp3) is 1.00. The minimum atomic E-state index is 0.904. The Morgan fingerprint density at radius 2 is 0.667 bits per heavy atom. The summed E-state index contributed by atoms with van der Waals surface area (Å²) in [6.45, 7) is 9.86. The highest BCUT2D eigenvalue weighted by Crippen LogP contribution is 2.28. The van der Waals surface area contributed by atoms with Gasteiger partial charge in [0.25, 0.3) is 0 Å². The van der Waals surface area contributed by atoms with Gasteiger partial charge in [0, 0.05) is 6.04 Å². The van der Waals surface area contributed by atoms with E-state index in [1.807, 2.05) is 0 Å². The molecule has 1 aliphatic carbocycles. The van der Waals surface area contributed by atoms with Crippen molar-refractivity contribution < 1.29 is 0 Å². The Morgan fingerprint density at radius 1 is 0.389 bits per heavy atom. The summed E-state index contributed by atoms with van der Waals surface area (Å²) >= 11 is 0. The molecule has 0 amide bonds. The average molecular weight is 506 g/mol. The van der Waals surface area contributed by atoms with Crippen LogP contribution in [0.3, 0.4) is 0 Å². The average Bonchev–Trinajstić information content (AvgIpc) is 2.89. The molecule has 0 bridgehead atoms. The summed E-state index contributed by atoms with van der Waals surface area (Å²) in [5.74, 6) is 0.974. The standard InChI is InChI=1S/C35H71N/c1-4-6-8-10-12-14-16-18-20-22-24-26-32-36(35-30-28-34(3)29-31-35)33-27-25-23-21-19-17-15-13-11-9-7-5-2/h34-35H,4-33H2,1-3H3/t34-,35+. The minimum Gasteiger partial charge on any atom is -0.300 e. The van der Waals surface area contributed by atoms with Crippen LogP contribution in [0.15, 0.2) is 0 Å². The third-order valence-electron chi connectivity index (χ3n) is 9.10. The van der Waals surface area contributed by atoms with Gasteiger partial charge < -0.3 is 4.90 Å². The van der Waals surface area contributed by atoms with E-state index in [1.165, 1.54) is 193 Å². The highest BCUT2D eigenvalue weighted by molar-refractivity contribution is 4.78. The maximum atomic E-state index is 2.94. The van der Waals surface area contributed by atoms with Crippen LogP contribution in [0.5, 0.6) is 0 Å². The summed E-state index contributed by atoms with van der Waals surface area (Å²) in [4.78, 5) is 2.94. The summed E-state index contributed by atoms with van der Waals surface area (Å²) in [7, 11) is 0. The summed E-state index contributed by atoms with van der Waals surface area (Å²) in [5, 5.41) is 0. The SMILES string of the molecule is CCCCCCCCCCCCCCN(CCCCCCCCCCCCCC)[C@H]1CC[C@@H](C)CC1. The third kappa shape index (κ3) is 21.0. The highest BCUT2D eigenvalue weighted by Gasteiger charge is 2.23. The van der Waals surface area contributed by atoms with Gasteiger partial charge in [-0.15, -0.1) is 0 Å². The fourth-order valence-corrected chi connectivity index (χ4v) is 6.40. The molecule has 0 heterocycles. The first-order valence-corrected chi connectivity index (χ1v) is 17.5. The molecule has 0 unspecified atom stereocenters. The molecule has 0 spiro atoms. The molecule has 0 N–H and O–H groups in total. The topological polar surface area (TPSA) is 3.24 Å². The van der Waals surface area contributed by atoms with Crippen molar-refractivity contribution in [3.05, 3.63) is 0 Å². The maximum absolute atomic E-state index is 2.94. The van der Waals surface area contributed by atoms with Crippen molar-refractivity contribution in [2.75, 3.05) is 13.1 Å². The zero-order valence-electron chi connectivity index (χ0n) is 25.8. The quantitative estimate of drug-likeness (QED) is 0.100. The van der Waals surface area contributed by atoms with E-state index < -0.39 is 0 Å². The molecule has 0 aromatic heterocycles. The smallest absolute Gasteiger partial charge is 0.00954 e. The molecule has 0 aliphatic heterocycles. The van der Waals surface area contributed by atoms with Gasteiger partial charge in [-0.2, -0.15) is 0 Å². The van der Waals surface area contributed by atoms with Crippen molar-refractivity contribution in [3.63, 3.8) is 0 Å². The van der Waals surface area contributed by atoms with E-state index in [0.717, 1.165) is 12.0 Å². The van der Waals surface area contributed by atoms with Gasteiger partial charge in [-0.3, -0.25) is 0 Å². The van der Waals surface area contributed by atoms with Crippen molar-refractivity contribution >= 4 is 0 Å². The summed E-state index contributed by atoms with van der Waals surface area (Å²) < 4.78 is 0. The van der Waals surface area contributed by atoms with Crippen molar-refractivity contribution in [2.24, 2.45) is 5.92 Å². The summed E-state index contributed by atoms with van der Waals surface area (Å²) in [5.41, 5.74) is 0. The van der Waals surface area contributed by atoms with Crippen LogP contribution in [-0.4, -0.2) is 24.0 Å². The molecule has 0 atom stereocenters. The van der Waals surface area contributed by atoms with Crippen molar-refractivity contribution in [1.29, 1.82) is 0 Å². The van der Waals surface area contributed by atoms with Gasteiger partial charge in [0.2, 0.25) is 0 Å². The van der Waals surface area contributed by atoms with Crippen LogP contribution in [-0.2, 0) is 0 Å². The van der Waals surface area contributed by atoms with Gasteiger partial charge in [0.15, 0.2) is 0 Å². The van der Waals surface area contributed by atoms with Crippen LogP contribution in [0.2, 0.25) is 0 Å². The third-order valence-corrected chi connectivity index (χ3v) is 9.10. The molecule has 36 heavy (non-hydrogen) atoms. The van der Waals surface area contributed by atoms with Crippen LogP contribution in [0.25, 0.3) is 0 Å². The van der Waals surface area contributed by atoms with E-state index in [1.54, 1.807) is 0 Å². The Balaban J connectivity index is 2.05. The van der Waals surface area contributed by atoms with E-state index in [0.29, 0.717) is 0 Å². The Hall–Kier alpha value is -0.0400. The molecule has 0 aromatic rings. The van der Waals surface area contributed by atoms with Crippen LogP contribution in [0, 0.1) is 5.92 Å². The van der Waals surface area contributed by atoms with Crippen LogP contribution in [0.1, 0.15) is 201 Å². The van der Waals surface area contributed by atoms with Gasteiger partial charge in [0.1, 0.15) is 0 Å². The Morgan fingerprint density at radius 3 is 0.972 bits per heavy atom. The first kappa shape index (κ1) is 34.0. The number of hydrogen-bond donors (Lipinski definition) is 0. The maximum Gasteiger partial charge on any atom is 0.00954 e. The molecule has 0 aromatic carbocycles. The van der Waals surface area contributed by atoms with Gasteiger partial charge in [-0.25, -0.2) is 0 Å². The number of nitrogens with zero attached hydrogens (tertiary/aromatic N) is 1. The molecular weight excluding hydrogens is 434 g/mol. The van der Waals surface area contributed by atoms with Crippen molar-refractivity contribution in [2.45, 2.75) is 207 Å². The Labute approximate surface area is 230 Å². The number of unbranched alkanes of at least 4 members (excludes halogenated alkanes) is 22. The minimum absolute atomic E-state index is 0.904. The predicted octanol–water partition coefficient (Wildman–Crippen LogP) is 12.3. The second kappa shape index (κ2) is 26.6. The lowest BCUT2D eigenvalue weighted by Gasteiger charge is -2.36. The molecule has 1 aliphatic rings. The van der Waals surface area contributed by atoms with Gasteiger partial charge in [0.05, 0.1) is 0 Å². The Kier molecular flexibility index (Phi) is 25.1. The summed E-state index contributed by atoms with van der Waals surface area (Å²) in [6.07, 6.45) is 41.0. The Bertz CT molecular complexity index is 383. The molecule has 0 radical (unpaired) electrons. The lowest BCUT2D eigenvalue weighted by atomic mass is 9.86.